The van der Waals surface area contributed by atoms with Gasteiger partial charge in [-0.2, -0.15) is 11.8 Å². The molecular formula is C12H15N3O3S. The van der Waals surface area contributed by atoms with Crippen LogP contribution < -0.4 is 11.1 Å². The summed E-state index contributed by atoms with van der Waals surface area (Å²) in [5, 5.41) is 13.7. The molecule has 1 fully saturated rings. The van der Waals surface area contributed by atoms with Crippen molar-refractivity contribution < 1.29 is 9.72 Å². The molecule has 1 aromatic rings. The Bertz CT molecular complexity index is 501. The van der Waals surface area contributed by atoms with Crippen LogP contribution in [0.1, 0.15) is 23.2 Å². The number of rotatable bonds is 3. The molecule has 0 bridgehead atoms. The van der Waals surface area contributed by atoms with Crippen LogP contribution in [-0.2, 0) is 0 Å². The second-order valence-electron chi connectivity index (χ2n) is 4.39. The summed E-state index contributed by atoms with van der Waals surface area (Å²) in [6.07, 6.45) is 1.88. The number of thioether (sulfide) groups is 1. The minimum atomic E-state index is -0.580. The normalized spacial score (nSPS) is 16.0. The van der Waals surface area contributed by atoms with Crippen LogP contribution in [0.5, 0.6) is 0 Å². The fourth-order valence-electron chi connectivity index (χ4n) is 1.95. The second-order valence-corrected chi connectivity index (χ2v) is 5.62. The number of carbonyl (C=O) groups excluding carboxylic acids is 1. The molecule has 0 saturated carbocycles. The van der Waals surface area contributed by atoms with E-state index in [-0.39, 0.29) is 28.9 Å². The minimum Gasteiger partial charge on any atom is -0.393 e. The van der Waals surface area contributed by atoms with Gasteiger partial charge in [-0.15, -0.1) is 0 Å². The number of anilines is 1. The number of carbonyl (C=O) groups is 1. The van der Waals surface area contributed by atoms with Crippen molar-refractivity contribution in [3.05, 3.63) is 33.9 Å². The Kier molecular flexibility index (Phi) is 4.26. The fourth-order valence-corrected chi connectivity index (χ4v) is 3.06. The first-order valence-electron chi connectivity index (χ1n) is 6.00. The lowest BCUT2D eigenvalue weighted by Crippen LogP contribution is -2.37. The molecule has 1 aliphatic rings. The summed E-state index contributed by atoms with van der Waals surface area (Å²) in [7, 11) is 0. The first-order chi connectivity index (χ1) is 9.08. The average molecular weight is 281 g/mol. The summed E-state index contributed by atoms with van der Waals surface area (Å²) in [4.78, 5) is 22.2. The maximum absolute atomic E-state index is 12.0. The van der Waals surface area contributed by atoms with E-state index in [0.29, 0.717) is 0 Å². The van der Waals surface area contributed by atoms with Gasteiger partial charge in [0.2, 0.25) is 0 Å². The summed E-state index contributed by atoms with van der Waals surface area (Å²) in [5.74, 6) is 1.79. The summed E-state index contributed by atoms with van der Waals surface area (Å²) in [6.45, 7) is 0. The number of nitro benzene ring substituents is 1. The van der Waals surface area contributed by atoms with Gasteiger partial charge in [0.1, 0.15) is 5.69 Å². The molecule has 6 nitrogen and oxygen atoms in total. The van der Waals surface area contributed by atoms with Gasteiger partial charge in [0.25, 0.3) is 11.6 Å². The molecule has 0 unspecified atom stereocenters. The SMILES string of the molecule is Nc1ccc(C(=O)NC2CCSCC2)cc1[N+](=O)[O-]. The van der Waals surface area contributed by atoms with Gasteiger partial charge in [0.05, 0.1) is 4.92 Å². The third kappa shape index (κ3) is 3.37. The summed E-state index contributed by atoms with van der Waals surface area (Å²) in [6, 6.07) is 4.28. The van der Waals surface area contributed by atoms with E-state index < -0.39 is 4.92 Å². The number of hydrogen-bond donors (Lipinski definition) is 2. The van der Waals surface area contributed by atoms with Crippen LogP contribution in [0.4, 0.5) is 11.4 Å². The molecule has 0 atom stereocenters. The van der Waals surface area contributed by atoms with Crippen LogP contribution in [0.25, 0.3) is 0 Å². The van der Waals surface area contributed by atoms with Crippen molar-refractivity contribution in [2.45, 2.75) is 18.9 Å². The van der Waals surface area contributed by atoms with Gasteiger partial charge in [-0.05, 0) is 36.5 Å². The molecule has 2 rings (SSSR count). The third-order valence-corrected chi connectivity index (χ3v) is 4.09. The van der Waals surface area contributed by atoms with E-state index in [9.17, 15) is 14.9 Å². The second kappa shape index (κ2) is 5.92. The van der Waals surface area contributed by atoms with Gasteiger partial charge in [-0.1, -0.05) is 0 Å². The Morgan fingerprint density at radius 2 is 2.11 bits per heavy atom. The molecule has 0 aliphatic carbocycles. The molecule has 1 saturated heterocycles. The highest BCUT2D eigenvalue weighted by Gasteiger charge is 2.19. The predicted molar refractivity (Wildman–Crippen MR) is 75.3 cm³/mol. The molecule has 0 aromatic heterocycles. The molecule has 7 heteroatoms. The van der Waals surface area contributed by atoms with E-state index in [1.807, 2.05) is 11.8 Å². The highest BCUT2D eigenvalue weighted by molar-refractivity contribution is 7.99. The zero-order chi connectivity index (χ0) is 13.8. The number of benzene rings is 1. The molecule has 1 heterocycles. The van der Waals surface area contributed by atoms with Crippen molar-refractivity contribution >= 4 is 29.0 Å². The Morgan fingerprint density at radius 1 is 1.42 bits per heavy atom. The molecule has 1 aromatic carbocycles. The molecular weight excluding hydrogens is 266 g/mol. The number of hydrogen-bond acceptors (Lipinski definition) is 5. The van der Waals surface area contributed by atoms with E-state index >= 15 is 0 Å². The number of nitrogens with one attached hydrogen (secondary N) is 1. The monoisotopic (exact) mass is 281 g/mol. The Morgan fingerprint density at radius 3 is 2.74 bits per heavy atom. The van der Waals surface area contributed by atoms with E-state index in [1.54, 1.807) is 0 Å². The molecule has 1 amide bonds. The van der Waals surface area contributed by atoms with Gasteiger partial charge >= 0.3 is 0 Å². The number of nitrogens with zero attached hydrogens (tertiary/aromatic N) is 1. The largest absolute Gasteiger partial charge is 0.393 e. The standard InChI is InChI=1S/C12H15N3O3S/c13-10-2-1-8(7-11(10)15(17)18)12(16)14-9-3-5-19-6-4-9/h1-2,7,9H,3-6,13H2,(H,14,16). The van der Waals surface area contributed by atoms with Gasteiger partial charge in [0, 0.05) is 17.7 Å². The Labute approximate surface area is 114 Å². The highest BCUT2D eigenvalue weighted by atomic mass is 32.2. The maximum Gasteiger partial charge on any atom is 0.292 e. The zero-order valence-electron chi connectivity index (χ0n) is 10.3. The zero-order valence-corrected chi connectivity index (χ0v) is 11.1. The van der Waals surface area contributed by atoms with Crippen molar-refractivity contribution in [1.29, 1.82) is 0 Å². The molecule has 0 spiro atoms. The van der Waals surface area contributed by atoms with Crippen LogP contribution in [0, 0.1) is 10.1 Å². The van der Waals surface area contributed by atoms with Crippen LogP contribution >= 0.6 is 11.8 Å². The summed E-state index contributed by atoms with van der Waals surface area (Å²) in [5.41, 5.74) is 5.61. The van der Waals surface area contributed by atoms with E-state index in [1.165, 1.54) is 18.2 Å². The van der Waals surface area contributed by atoms with Crippen LogP contribution in [-0.4, -0.2) is 28.4 Å². The van der Waals surface area contributed by atoms with Crippen LogP contribution in [0.15, 0.2) is 18.2 Å². The van der Waals surface area contributed by atoms with E-state index in [2.05, 4.69) is 5.32 Å². The first-order valence-corrected chi connectivity index (χ1v) is 7.16. The average Bonchev–Trinajstić information content (AvgIpc) is 2.40. The van der Waals surface area contributed by atoms with Crippen molar-refractivity contribution in [2.75, 3.05) is 17.2 Å². The van der Waals surface area contributed by atoms with Crippen molar-refractivity contribution in [3.8, 4) is 0 Å². The maximum atomic E-state index is 12.0. The number of nitro groups is 1. The van der Waals surface area contributed by atoms with Crippen LogP contribution in [0.2, 0.25) is 0 Å². The smallest absolute Gasteiger partial charge is 0.292 e. The Balaban J connectivity index is 2.10. The highest BCUT2D eigenvalue weighted by Crippen LogP contribution is 2.23. The lowest BCUT2D eigenvalue weighted by molar-refractivity contribution is -0.383. The van der Waals surface area contributed by atoms with E-state index in [0.717, 1.165) is 24.3 Å². The van der Waals surface area contributed by atoms with E-state index in [4.69, 9.17) is 5.73 Å². The quantitative estimate of drug-likeness (QED) is 0.500. The van der Waals surface area contributed by atoms with Crippen molar-refractivity contribution in [1.82, 2.24) is 5.32 Å². The minimum absolute atomic E-state index is 0.0654. The van der Waals surface area contributed by atoms with Gasteiger partial charge in [-0.3, -0.25) is 14.9 Å². The molecule has 3 N–H and O–H groups in total. The van der Waals surface area contributed by atoms with Gasteiger partial charge < -0.3 is 11.1 Å². The Hall–Kier alpha value is -1.76. The molecule has 19 heavy (non-hydrogen) atoms. The lowest BCUT2D eigenvalue weighted by atomic mass is 10.1. The summed E-state index contributed by atoms with van der Waals surface area (Å²) < 4.78 is 0. The van der Waals surface area contributed by atoms with Gasteiger partial charge in [-0.25, -0.2) is 0 Å². The molecule has 102 valence electrons. The first kappa shape index (κ1) is 13.7. The fraction of sp³-hybridized carbons (Fsp3) is 0.417. The van der Waals surface area contributed by atoms with Crippen molar-refractivity contribution in [3.63, 3.8) is 0 Å². The lowest BCUT2D eigenvalue weighted by Gasteiger charge is -2.22. The topological polar surface area (TPSA) is 98.3 Å². The summed E-state index contributed by atoms with van der Waals surface area (Å²) >= 11 is 1.87. The third-order valence-electron chi connectivity index (χ3n) is 3.05. The van der Waals surface area contributed by atoms with Crippen molar-refractivity contribution in [2.24, 2.45) is 0 Å². The number of amides is 1. The molecule has 1 aliphatic heterocycles. The number of nitrogen functional groups attached to an aromatic ring is 1. The molecule has 0 radical (unpaired) electrons. The van der Waals surface area contributed by atoms with Crippen LogP contribution in [0.3, 0.4) is 0 Å². The number of nitrogens with two attached hydrogens (primary N) is 1. The van der Waals surface area contributed by atoms with Gasteiger partial charge in [0.15, 0.2) is 0 Å². The predicted octanol–water partition coefficient (Wildman–Crippen LogP) is 1.80.